The van der Waals surface area contributed by atoms with Crippen molar-refractivity contribution < 1.29 is 4.74 Å². The smallest absolute Gasteiger partial charge is 0.155 e. The first-order chi connectivity index (χ1) is 8.34. The van der Waals surface area contributed by atoms with Gasteiger partial charge < -0.3 is 10.1 Å². The summed E-state index contributed by atoms with van der Waals surface area (Å²) in [5.41, 5.74) is 1.84. The van der Waals surface area contributed by atoms with Crippen LogP contribution in [0.25, 0.3) is 11.0 Å². The number of fused-ring (bicyclic) bond motifs is 1. The molecule has 5 heteroatoms. The van der Waals surface area contributed by atoms with Crippen LogP contribution in [0.3, 0.4) is 0 Å². The van der Waals surface area contributed by atoms with Gasteiger partial charge in [-0.05, 0) is 31.5 Å². The molecule has 0 spiro atoms. The van der Waals surface area contributed by atoms with E-state index in [0.29, 0.717) is 12.6 Å². The van der Waals surface area contributed by atoms with Crippen LogP contribution in [-0.4, -0.2) is 34.2 Å². The summed E-state index contributed by atoms with van der Waals surface area (Å²) >= 11 is 0. The van der Waals surface area contributed by atoms with Gasteiger partial charge in [0.25, 0.3) is 0 Å². The molecule has 1 aliphatic heterocycles. The van der Waals surface area contributed by atoms with Gasteiger partial charge >= 0.3 is 0 Å². The number of ether oxygens (including phenoxy) is 1. The van der Waals surface area contributed by atoms with Gasteiger partial charge in [-0.15, -0.1) is 5.10 Å². The highest BCUT2D eigenvalue weighted by molar-refractivity contribution is 5.80. The van der Waals surface area contributed by atoms with Gasteiger partial charge in [0.1, 0.15) is 12.4 Å². The Labute approximate surface area is 99.8 Å². The van der Waals surface area contributed by atoms with Crippen molar-refractivity contribution in [3.05, 3.63) is 18.2 Å². The quantitative estimate of drug-likeness (QED) is 0.861. The number of nitrogens with one attached hydrogen (secondary N) is 1. The maximum absolute atomic E-state index is 5.84. The van der Waals surface area contributed by atoms with Crippen LogP contribution in [0.2, 0.25) is 0 Å². The molecular weight excluding hydrogens is 216 g/mol. The summed E-state index contributed by atoms with van der Waals surface area (Å²) in [6.45, 7) is 1.80. The third-order valence-corrected chi connectivity index (χ3v) is 3.21. The molecule has 1 aliphatic rings. The monoisotopic (exact) mass is 232 g/mol. The Morgan fingerprint density at radius 3 is 3.29 bits per heavy atom. The predicted octanol–water partition coefficient (Wildman–Crippen LogP) is 1.10. The number of hydrogen-bond donors (Lipinski definition) is 1. The van der Waals surface area contributed by atoms with E-state index in [1.54, 1.807) is 4.68 Å². The summed E-state index contributed by atoms with van der Waals surface area (Å²) < 4.78 is 7.60. The van der Waals surface area contributed by atoms with E-state index < -0.39 is 0 Å². The summed E-state index contributed by atoms with van der Waals surface area (Å²) in [5, 5.41) is 11.6. The normalized spacial score (nSPS) is 19.9. The molecular formula is C12H16N4O. The van der Waals surface area contributed by atoms with E-state index in [1.807, 2.05) is 25.2 Å². The summed E-state index contributed by atoms with van der Waals surface area (Å²) in [5.74, 6) is 0.823. The van der Waals surface area contributed by atoms with Crippen LogP contribution in [-0.2, 0) is 7.05 Å². The van der Waals surface area contributed by atoms with Crippen LogP contribution in [0, 0.1) is 0 Å². The number of hydrogen-bond acceptors (Lipinski definition) is 4. The molecule has 0 aliphatic carbocycles. The molecule has 0 amide bonds. The summed E-state index contributed by atoms with van der Waals surface area (Å²) in [6.07, 6.45) is 2.43. The minimum atomic E-state index is 0.474. The average molecular weight is 232 g/mol. The Bertz CT molecular complexity index is 516. The third kappa shape index (κ3) is 1.98. The molecule has 1 aromatic carbocycles. The topological polar surface area (TPSA) is 52.0 Å². The Kier molecular flexibility index (Phi) is 2.68. The standard InChI is InChI=1S/C12H16N4O/c1-16-10-5-2-6-11(12(10)14-15-16)17-8-9-4-3-7-13-9/h2,5-6,9,13H,3-4,7-8H2,1H3. The van der Waals surface area contributed by atoms with Crippen molar-refractivity contribution in [3.8, 4) is 5.75 Å². The Morgan fingerprint density at radius 1 is 1.53 bits per heavy atom. The van der Waals surface area contributed by atoms with Gasteiger partial charge in [-0.2, -0.15) is 0 Å². The second-order valence-corrected chi connectivity index (χ2v) is 4.44. The Hall–Kier alpha value is -1.62. The van der Waals surface area contributed by atoms with Crippen LogP contribution >= 0.6 is 0 Å². The van der Waals surface area contributed by atoms with E-state index in [-0.39, 0.29) is 0 Å². The van der Waals surface area contributed by atoms with E-state index in [0.717, 1.165) is 23.3 Å². The van der Waals surface area contributed by atoms with Crippen molar-refractivity contribution in [2.75, 3.05) is 13.2 Å². The van der Waals surface area contributed by atoms with E-state index in [9.17, 15) is 0 Å². The maximum Gasteiger partial charge on any atom is 0.155 e. The molecule has 5 nitrogen and oxygen atoms in total. The molecule has 1 atom stereocenters. The van der Waals surface area contributed by atoms with Gasteiger partial charge in [0.05, 0.1) is 5.52 Å². The minimum Gasteiger partial charge on any atom is -0.490 e. The van der Waals surface area contributed by atoms with Crippen molar-refractivity contribution in [3.63, 3.8) is 0 Å². The predicted molar refractivity (Wildman–Crippen MR) is 65.0 cm³/mol. The second-order valence-electron chi connectivity index (χ2n) is 4.44. The van der Waals surface area contributed by atoms with Gasteiger partial charge in [-0.25, -0.2) is 4.68 Å². The molecule has 2 aromatic rings. The number of benzene rings is 1. The number of nitrogens with zero attached hydrogens (tertiary/aromatic N) is 3. The average Bonchev–Trinajstić information content (AvgIpc) is 2.97. The second kappa shape index (κ2) is 4.33. The first kappa shape index (κ1) is 10.5. The highest BCUT2D eigenvalue weighted by Crippen LogP contribution is 2.23. The lowest BCUT2D eigenvalue weighted by atomic mass is 10.2. The fraction of sp³-hybridized carbons (Fsp3) is 0.500. The molecule has 2 heterocycles. The van der Waals surface area contributed by atoms with E-state index in [1.165, 1.54) is 12.8 Å². The maximum atomic E-state index is 5.84. The van der Waals surface area contributed by atoms with Crippen molar-refractivity contribution >= 4 is 11.0 Å². The largest absolute Gasteiger partial charge is 0.490 e. The molecule has 3 rings (SSSR count). The van der Waals surface area contributed by atoms with Gasteiger partial charge in [-0.1, -0.05) is 11.3 Å². The van der Waals surface area contributed by atoms with Crippen molar-refractivity contribution in [2.45, 2.75) is 18.9 Å². The molecule has 0 saturated carbocycles. The van der Waals surface area contributed by atoms with Crippen molar-refractivity contribution in [1.29, 1.82) is 0 Å². The fourth-order valence-electron chi connectivity index (χ4n) is 2.24. The summed E-state index contributed by atoms with van der Waals surface area (Å²) in [7, 11) is 1.89. The van der Waals surface area contributed by atoms with E-state index >= 15 is 0 Å². The van der Waals surface area contributed by atoms with Crippen LogP contribution in [0.5, 0.6) is 5.75 Å². The van der Waals surface area contributed by atoms with Crippen LogP contribution in [0.4, 0.5) is 0 Å². The fourth-order valence-corrected chi connectivity index (χ4v) is 2.24. The minimum absolute atomic E-state index is 0.474. The van der Waals surface area contributed by atoms with Gasteiger partial charge in [0, 0.05) is 13.1 Å². The van der Waals surface area contributed by atoms with Crippen LogP contribution in [0.15, 0.2) is 18.2 Å². The van der Waals surface area contributed by atoms with Crippen molar-refractivity contribution in [2.24, 2.45) is 7.05 Å². The van der Waals surface area contributed by atoms with Crippen LogP contribution < -0.4 is 10.1 Å². The van der Waals surface area contributed by atoms with Gasteiger partial charge in [0.2, 0.25) is 0 Å². The third-order valence-electron chi connectivity index (χ3n) is 3.21. The lowest BCUT2D eigenvalue weighted by molar-refractivity contribution is 0.280. The molecule has 0 radical (unpaired) electrons. The molecule has 1 fully saturated rings. The van der Waals surface area contributed by atoms with E-state index in [4.69, 9.17) is 4.74 Å². The Morgan fingerprint density at radius 2 is 2.47 bits per heavy atom. The first-order valence-corrected chi connectivity index (χ1v) is 5.99. The first-order valence-electron chi connectivity index (χ1n) is 5.99. The number of rotatable bonds is 3. The highest BCUT2D eigenvalue weighted by Gasteiger charge is 2.15. The zero-order chi connectivity index (χ0) is 11.7. The number of aryl methyl sites for hydroxylation is 1. The molecule has 1 aromatic heterocycles. The number of aromatic nitrogens is 3. The van der Waals surface area contributed by atoms with Crippen LogP contribution in [0.1, 0.15) is 12.8 Å². The molecule has 17 heavy (non-hydrogen) atoms. The SMILES string of the molecule is Cn1nnc2c(OCC3CCCN3)cccc21. The molecule has 0 bridgehead atoms. The highest BCUT2D eigenvalue weighted by atomic mass is 16.5. The molecule has 1 unspecified atom stereocenters. The lowest BCUT2D eigenvalue weighted by Crippen LogP contribution is -2.28. The molecule has 1 N–H and O–H groups in total. The zero-order valence-electron chi connectivity index (χ0n) is 9.89. The van der Waals surface area contributed by atoms with Gasteiger partial charge in [0.15, 0.2) is 5.52 Å². The molecule has 1 saturated heterocycles. The molecule has 90 valence electrons. The summed E-state index contributed by atoms with van der Waals surface area (Å²) in [6, 6.07) is 6.40. The van der Waals surface area contributed by atoms with E-state index in [2.05, 4.69) is 15.6 Å². The van der Waals surface area contributed by atoms with Gasteiger partial charge in [-0.3, -0.25) is 0 Å². The zero-order valence-corrected chi connectivity index (χ0v) is 9.89. The Balaban J connectivity index is 1.79. The van der Waals surface area contributed by atoms with Crippen molar-refractivity contribution in [1.82, 2.24) is 20.3 Å². The lowest BCUT2D eigenvalue weighted by Gasteiger charge is -2.12. The summed E-state index contributed by atoms with van der Waals surface area (Å²) in [4.78, 5) is 0.